The van der Waals surface area contributed by atoms with Crippen molar-refractivity contribution in [3.8, 4) is 5.75 Å². The molecule has 0 bridgehead atoms. The van der Waals surface area contributed by atoms with E-state index in [4.69, 9.17) is 16.3 Å². The number of carbonyl (C=O) groups excluding carboxylic acids is 1. The van der Waals surface area contributed by atoms with Gasteiger partial charge in [-0.15, -0.1) is 0 Å². The highest BCUT2D eigenvalue weighted by atomic mass is 79.9. The average Bonchev–Trinajstić information content (AvgIpc) is 3.07. The minimum absolute atomic E-state index is 0.363. The molecule has 7 nitrogen and oxygen atoms in total. The van der Waals surface area contributed by atoms with E-state index in [2.05, 4.69) is 21.0 Å². The largest absolute Gasteiger partial charge is 0.469 e. The van der Waals surface area contributed by atoms with Gasteiger partial charge in [0.15, 0.2) is 0 Å². The normalized spacial score (nSPS) is 23.4. The number of anilines is 1. The number of amides is 1. The summed E-state index contributed by atoms with van der Waals surface area (Å²) < 4.78 is 6.64. The molecule has 1 spiro atoms. The van der Waals surface area contributed by atoms with Crippen LogP contribution in [0.3, 0.4) is 0 Å². The van der Waals surface area contributed by atoms with Gasteiger partial charge < -0.3 is 4.74 Å². The number of ether oxygens (including phenoxy) is 1. The molecule has 4 rings (SSSR count). The van der Waals surface area contributed by atoms with Gasteiger partial charge >= 0.3 is 0 Å². The highest BCUT2D eigenvalue weighted by Gasteiger charge is 2.64. The lowest BCUT2D eigenvalue weighted by Crippen LogP contribution is -2.54. The summed E-state index contributed by atoms with van der Waals surface area (Å²) in [6, 6.07) is 12.1. The number of halogens is 2. The summed E-state index contributed by atoms with van der Waals surface area (Å²) in [5.41, 5.74) is -0.125. The first-order valence-electron chi connectivity index (χ1n) is 8.09. The van der Waals surface area contributed by atoms with Gasteiger partial charge in [-0.05, 0) is 47.1 Å². The molecule has 138 valence electrons. The van der Waals surface area contributed by atoms with E-state index in [-0.39, 0.29) is 0 Å². The fraction of sp³-hybridized carbons (Fsp3) is 0.222. The third-order valence-electron chi connectivity index (χ3n) is 4.80. The first-order chi connectivity index (χ1) is 12.8. The molecule has 0 fully saturated rings. The van der Waals surface area contributed by atoms with E-state index < -0.39 is 28.9 Å². The summed E-state index contributed by atoms with van der Waals surface area (Å²) >= 11 is 9.52. The van der Waals surface area contributed by atoms with E-state index in [0.717, 1.165) is 0 Å². The first-order valence-corrected chi connectivity index (χ1v) is 9.26. The summed E-state index contributed by atoms with van der Waals surface area (Å²) in [6.45, 7) is 1.16. The second-order valence-electron chi connectivity index (χ2n) is 6.35. The molecule has 2 atom stereocenters. The van der Waals surface area contributed by atoms with Crippen LogP contribution in [0.5, 0.6) is 5.75 Å². The van der Waals surface area contributed by atoms with Crippen molar-refractivity contribution in [2.75, 3.05) is 11.6 Å². The van der Waals surface area contributed by atoms with E-state index in [1.807, 2.05) is 6.07 Å². The molecule has 1 amide bonds. The molecule has 0 N–H and O–H groups in total. The number of nitro groups is 1. The monoisotopic (exact) mass is 449 g/mol. The Morgan fingerprint density at radius 3 is 2.74 bits per heavy atom. The Bertz CT molecular complexity index is 998. The summed E-state index contributed by atoms with van der Waals surface area (Å²) in [6.07, 6.45) is 0. The molecule has 9 heteroatoms. The molecule has 2 aliphatic rings. The molecule has 2 heterocycles. The molecule has 0 saturated heterocycles. The van der Waals surface area contributed by atoms with Crippen LogP contribution in [0, 0.1) is 10.1 Å². The van der Waals surface area contributed by atoms with Crippen molar-refractivity contribution in [1.29, 1.82) is 0 Å². The maximum absolute atomic E-state index is 13.4. The number of rotatable bonds is 3. The molecule has 0 aromatic heterocycles. The second-order valence-corrected chi connectivity index (χ2v) is 7.64. The molecule has 27 heavy (non-hydrogen) atoms. The van der Waals surface area contributed by atoms with Crippen molar-refractivity contribution in [2.45, 2.75) is 18.4 Å². The SMILES string of the molecule is CC1=NN(c2ccccc2)C(=O)[C@]12Oc1c(Br)cc(Cl)cc1[C@H]2C[N+](=O)[O-]. The van der Waals surface area contributed by atoms with Gasteiger partial charge in [0.05, 0.1) is 15.9 Å². The highest BCUT2D eigenvalue weighted by Crippen LogP contribution is 2.52. The maximum atomic E-state index is 13.4. The first kappa shape index (κ1) is 17.9. The van der Waals surface area contributed by atoms with Gasteiger partial charge in [-0.1, -0.05) is 29.8 Å². The van der Waals surface area contributed by atoms with Crippen LogP contribution in [0.2, 0.25) is 5.02 Å². The van der Waals surface area contributed by atoms with Crippen LogP contribution in [0.25, 0.3) is 0 Å². The lowest BCUT2D eigenvalue weighted by atomic mass is 9.80. The Morgan fingerprint density at radius 1 is 1.37 bits per heavy atom. The Labute approximate surface area is 167 Å². The minimum Gasteiger partial charge on any atom is -0.469 e. The van der Waals surface area contributed by atoms with Crippen molar-refractivity contribution < 1.29 is 14.5 Å². The number of carbonyl (C=O) groups is 1. The molecule has 0 saturated carbocycles. The number of nitrogens with zero attached hydrogens (tertiary/aromatic N) is 3. The second kappa shape index (κ2) is 6.31. The molecule has 0 radical (unpaired) electrons. The van der Waals surface area contributed by atoms with E-state index in [1.54, 1.807) is 43.3 Å². The van der Waals surface area contributed by atoms with Crippen LogP contribution in [0.15, 0.2) is 52.0 Å². The number of hydrogen-bond donors (Lipinski definition) is 0. The summed E-state index contributed by atoms with van der Waals surface area (Å²) in [5.74, 6) is -0.927. The van der Waals surface area contributed by atoms with Crippen LogP contribution >= 0.6 is 27.5 Å². The van der Waals surface area contributed by atoms with Gasteiger partial charge in [0.25, 0.3) is 5.91 Å². The van der Waals surface area contributed by atoms with Crippen molar-refractivity contribution in [3.05, 3.63) is 67.6 Å². The summed E-state index contributed by atoms with van der Waals surface area (Å²) in [5, 5.41) is 17.4. The predicted octanol–water partition coefficient (Wildman–Crippen LogP) is 4.02. The van der Waals surface area contributed by atoms with E-state index in [0.29, 0.717) is 32.2 Å². The topological polar surface area (TPSA) is 85.0 Å². The quantitative estimate of drug-likeness (QED) is 0.522. The van der Waals surface area contributed by atoms with Crippen LogP contribution in [0.1, 0.15) is 18.4 Å². The van der Waals surface area contributed by atoms with Crippen LogP contribution in [-0.4, -0.2) is 28.7 Å². The molecule has 2 aromatic rings. The van der Waals surface area contributed by atoms with Gasteiger partial charge in [-0.3, -0.25) is 14.9 Å². The Morgan fingerprint density at radius 2 is 2.07 bits per heavy atom. The Balaban J connectivity index is 1.86. The number of hydrogen-bond acceptors (Lipinski definition) is 5. The van der Waals surface area contributed by atoms with Crippen LogP contribution < -0.4 is 9.75 Å². The van der Waals surface area contributed by atoms with Gasteiger partial charge in [0.1, 0.15) is 11.7 Å². The van der Waals surface area contributed by atoms with Crippen LogP contribution in [-0.2, 0) is 4.79 Å². The zero-order chi connectivity index (χ0) is 19.3. The lowest BCUT2D eigenvalue weighted by Gasteiger charge is -2.27. The van der Waals surface area contributed by atoms with E-state index in [1.165, 1.54) is 5.01 Å². The summed E-state index contributed by atoms with van der Waals surface area (Å²) in [7, 11) is 0. The average molecular weight is 451 g/mol. The van der Waals surface area contributed by atoms with Gasteiger partial charge in [0.2, 0.25) is 12.1 Å². The van der Waals surface area contributed by atoms with Crippen molar-refractivity contribution in [2.24, 2.45) is 5.10 Å². The fourth-order valence-electron chi connectivity index (χ4n) is 3.62. The number of hydrazone groups is 1. The molecule has 2 aliphatic heterocycles. The van der Waals surface area contributed by atoms with Crippen molar-refractivity contribution in [1.82, 2.24) is 0 Å². The van der Waals surface area contributed by atoms with Crippen molar-refractivity contribution in [3.63, 3.8) is 0 Å². The third kappa shape index (κ3) is 2.62. The standard InChI is InChI=1S/C18H13BrClN3O4/c1-10-18(17(24)23(21-10)12-5-3-2-4-6-12)14(9-22(25)26)13-7-11(20)8-15(19)16(13)27-18/h2-8,14H,9H2,1H3/t14-,18+/m1/s1. The minimum atomic E-state index is -1.57. The third-order valence-corrected chi connectivity index (χ3v) is 5.60. The van der Waals surface area contributed by atoms with Crippen molar-refractivity contribution >= 4 is 44.8 Å². The number of para-hydroxylation sites is 1. The molecule has 0 unspecified atom stereocenters. The Hall–Kier alpha value is -2.45. The van der Waals surface area contributed by atoms with Gasteiger partial charge in [-0.2, -0.15) is 10.1 Å². The molecular weight excluding hydrogens is 438 g/mol. The zero-order valence-electron chi connectivity index (χ0n) is 14.1. The molecule has 0 aliphatic carbocycles. The maximum Gasteiger partial charge on any atom is 0.298 e. The number of fused-ring (bicyclic) bond motifs is 1. The van der Waals surface area contributed by atoms with Gasteiger partial charge in [-0.25, -0.2) is 0 Å². The molecule has 2 aromatic carbocycles. The van der Waals surface area contributed by atoms with E-state index in [9.17, 15) is 14.9 Å². The zero-order valence-corrected chi connectivity index (χ0v) is 16.4. The van der Waals surface area contributed by atoms with Gasteiger partial charge in [0, 0.05) is 15.5 Å². The van der Waals surface area contributed by atoms with Crippen LogP contribution in [0.4, 0.5) is 5.69 Å². The lowest BCUT2D eigenvalue weighted by molar-refractivity contribution is -0.484. The summed E-state index contributed by atoms with van der Waals surface area (Å²) in [4.78, 5) is 24.3. The Kier molecular flexibility index (Phi) is 4.20. The fourth-order valence-corrected chi connectivity index (χ4v) is 4.53. The smallest absolute Gasteiger partial charge is 0.298 e. The number of benzene rings is 2. The predicted molar refractivity (Wildman–Crippen MR) is 104 cm³/mol. The molecular formula is C18H13BrClN3O4. The van der Waals surface area contributed by atoms with E-state index >= 15 is 0 Å². The highest BCUT2D eigenvalue weighted by molar-refractivity contribution is 9.10.